The zero-order valence-corrected chi connectivity index (χ0v) is 13.4. The van der Waals surface area contributed by atoms with Crippen LogP contribution in [-0.4, -0.2) is 12.5 Å². The molecule has 0 aliphatic heterocycles. The van der Waals surface area contributed by atoms with Gasteiger partial charge in [-0.25, -0.2) is 0 Å². The predicted molar refractivity (Wildman–Crippen MR) is 86.8 cm³/mol. The van der Waals surface area contributed by atoms with E-state index in [4.69, 9.17) is 0 Å². The zero-order chi connectivity index (χ0) is 15.2. The number of carbonyl (C=O) groups is 1. The quantitative estimate of drug-likeness (QED) is 0.776. The van der Waals surface area contributed by atoms with Crippen LogP contribution in [0.25, 0.3) is 5.57 Å². The Morgan fingerprint density at radius 1 is 1.15 bits per heavy atom. The first-order chi connectivity index (χ1) is 9.33. The van der Waals surface area contributed by atoms with E-state index in [1.54, 1.807) is 0 Å². The van der Waals surface area contributed by atoms with Gasteiger partial charge in [0.1, 0.15) is 0 Å². The highest BCUT2D eigenvalue weighted by atomic mass is 16.1. The molecule has 1 aromatic rings. The van der Waals surface area contributed by atoms with Gasteiger partial charge in [0.15, 0.2) is 0 Å². The standard InChI is InChI=1S/C18H27NO/c1-6-7-12-19-17(20)16-10-8-15(9-11-16)14(2)13-18(3,4)5/h8-11,13H,6-7,12H2,1-5H3,(H,19,20)/b14-13+. The largest absolute Gasteiger partial charge is 0.352 e. The smallest absolute Gasteiger partial charge is 0.251 e. The number of nitrogens with one attached hydrogen (secondary N) is 1. The van der Waals surface area contributed by atoms with E-state index < -0.39 is 0 Å². The van der Waals surface area contributed by atoms with Crippen molar-refractivity contribution < 1.29 is 4.79 Å². The van der Waals surface area contributed by atoms with Crippen molar-refractivity contribution in [3.05, 3.63) is 41.5 Å². The number of allylic oxidation sites excluding steroid dienone is 2. The monoisotopic (exact) mass is 273 g/mol. The fourth-order valence-corrected chi connectivity index (χ4v) is 2.10. The fourth-order valence-electron chi connectivity index (χ4n) is 2.10. The topological polar surface area (TPSA) is 29.1 Å². The van der Waals surface area contributed by atoms with E-state index in [1.165, 1.54) is 11.1 Å². The molecule has 0 aliphatic rings. The third-order valence-corrected chi connectivity index (χ3v) is 3.07. The van der Waals surface area contributed by atoms with Crippen LogP contribution < -0.4 is 5.32 Å². The van der Waals surface area contributed by atoms with Crippen molar-refractivity contribution in [2.24, 2.45) is 5.41 Å². The molecule has 0 aliphatic carbocycles. The van der Waals surface area contributed by atoms with Crippen LogP contribution >= 0.6 is 0 Å². The van der Waals surface area contributed by atoms with Crippen molar-refractivity contribution in [2.75, 3.05) is 6.54 Å². The van der Waals surface area contributed by atoms with Gasteiger partial charge in [0.05, 0.1) is 0 Å². The Kier molecular flexibility index (Phi) is 6.00. The first kappa shape index (κ1) is 16.5. The summed E-state index contributed by atoms with van der Waals surface area (Å²) in [6, 6.07) is 7.84. The van der Waals surface area contributed by atoms with Gasteiger partial charge in [-0.15, -0.1) is 0 Å². The maximum atomic E-state index is 11.9. The molecule has 0 atom stereocenters. The van der Waals surface area contributed by atoms with Crippen molar-refractivity contribution in [3.63, 3.8) is 0 Å². The second-order valence-electron chi connectivity index (χ2n) is 6.38. The van der Waals surface area contributed by atoms with Crippen LogP contribution in [0, 0.1) is 5.41 Å². The third kappa shape index (κ3) is 5.60. The summed E-state index contributed by atoms with van der Waals surface area (Å²) >= 11 is 0. The first-order valence-electron chi connectivity index (χ1n) is 7.41. The minimum atomic E-state index is 0.0162. The van der Waals surface area contributed by atoms with Crippen molar-refractivity contribution in [1.82, 2.24) is 5.32 Å². The highest BCUT2D eigenvalue weighted by molar-refractivity contribution is 5.94. The summed E-state index contributed by atoms with van der Waals surface area (Å²) < 4.78 is 0. The van der Waals surface area contributed by atoms with Crippen LogP contribution in [0.1, 0.15) is 63.4 Å². The Labute approximate surface area is 123 Å². The molecule has 1 rings (SSSR count). The molecule has 0 spiro atoms. The lowest BCUT2D eigenvalue weighted by Crippen LogP contribution is -2.24. The third-order valence-electron chi connectivity index (χ3n) is 3.07. The van der Waals surface area contributed by atoms with E-state index in [0.717, 1.165) is 24.9 Å². The average Bonchev–Trinajstić information content (AvgIpc) is 2.37. The lowest BCUT2D eigenvalue weighted by Gasteiger charge is -2.14. The number of hydrogen-bond donors (Lipinski definition) is 1. The van der Waals surface area contributed by atoms with Crippen LogP contribution in [0.15, 0.2) is 30.3 Å². The second kappa shape index (κ2) is 7.28. The molecule has 0 heterocycles. The van der Waals surface area contributed by atoms with Gasteiger partial charge in [-0.2, -0.15) is 0 Å². The van der Waals surface area contributed by atoms with Crippen LogP contribution in [0.2, 0.25) is 0 Å². The highest BCUT2D eigenvalue weighted by Gasteiger charge is 2.08. The number of unbranched alkanes of at least 4 members (excludes halogenated alkanes) is 1. The molecule has 1 N–H and O–H groups in total. The molecule has 0 unspecified atom stereocenters. The fraction of sp³-hybridized carbons (Fsp3) is 0.500. The van der Waals surface area contributed by atoms with Crippen molar-refractivity contribution >= 4 is 11.5 Å². The molecule has 2 heteroatoms. The highest BCUT2D eigenvalue weighted by Crippen LogP contribution is 2.23. The maximum absolute atomic E-state index is 11.9. The zero-order valence-electron chi connectivity index (χ0n) is 13.4. The van der Waals surface area contributed by atoms with E-state index in [-0.39, 0.29) is 11.3 Å². The molecule has 0 saturated heterocycles. The van der Waals surface area contributed by atoms with Gasteiger partial charge in [-0.05, 0) is 42.0 Å². The molecule has 1 aromatic carbocycles. The molecule has 0 bridgehead atoms. The van der Waals surface area contributed by atoms with Gasteiger partial charge in [-0.1, -0.05) is 52.3 Å². The Balaban J connectivity index is 2.74. The van der Waals surface area contributed by atoms with Crippen molar-refractivity contribution in [1.29, 1.82) is 0 Å². The summed E-state index contributed by atoms with van der Waals surface area (Å²) in [5, 5.41) is 2.93. The van der Waals surface area contributed by atoms with E-state index in [1.807, 2.05) is 24.3 Å². The van der Waals surface area contributed by atoms with E-state index in [9.17, 15) is 4.79 Å². The Morgan fingerprint density at radius 2 is 1.70 bits per heavy atom. The molecule has 0 radical (unpaired) electrons. The average molecular weight is 273 g/mol. The van der Waals surface area contributed by atoms with Gasteiger partial charge in [0, 0.05) is 12.1 Å². The van der Waals surface area contributed by atoms with E-state index >= 15 is 0 Å². The summed E-state index contributed by atoms with van der Waals surface area (Å²) in [5.41, 5.74) is 3.31. The summed E-state index contributed by atoms with van der Waals surface area (Å²) in [7, 11) is 0. The van der Waals surface area contributed by atoms with Crippen LogP contribution in [0.4, 0.5) is 0 Å². The van der Waals surface area contributed by atoms with E-state index in [2.05, 4.69) is 46.0 Å². The number of hydrogen-bond acceptors (Lipinski definition) is 1. The molecule has 0 saturated carbocycles. The summed E-state index contributed by atoms with van der Waals surface area (Å²) in [6.45, 7) is 11.5. The Hall–Kier alpha value is -1.57. The SMILES string of the molecule is CCCCNC(=O)c1ccc(/C(C)=C/C(C)(C)C)cc1. The predicted octanol–water partition coefficient (Wildman–Crippen LogP) is 4.67. The number of carbonyl (C=O) groups excluding carboxylic acids is 1. The lowest BCUT2D eigenvalue weighted by atomic mass is 9.91. The van der Waals surface area contributed by atoms with Crippen molar-refractivity contribution in [3.8, 4) is 0 Å². The second-order valence-corrected chi connectivity index (χ2v) is 6.38. The summed E-state index contributed by atoms with van der Waals surface area (Å²) in [4.78, 5) is 11.9. The van der Waals surface area contributed by atoms with Crippen LogP contribution in [0.3, 0.4) is 0 Å². The van der Waals surface area contributed by atoms with E-state index in [0.29, 0.717) is 0 Å². The number of amides is 1. The van der Waals surface area contributed by atoms with Gasteiger partial charge in [0.2, 0.25) is 0 Å². The maximum Gasteiger partial charge on any atom is 0.251 e. The molecular formula is C18H27NO. The number of rotatable bonds is 5. The minimum Gasteiger partial charge on any atom is -0.352 e. The molecular weight excluding hydrogens is 246 g/mol. The number of benzene rings is 1. The van der Waals surface area contributed by atoms with Gasteiger partial charge in [0.25, 0.3) is 5.91 Å². The Bertz CT molecular complexity index is 463. The van der Waals surface area contributed by atoms with Crippen LogP contribution in [0.5, 0.6) is 0 Å². The normalized spacial score (nSPS) is 12.3. The van der Waals surface area contributed by atoms with Crippen molar-refractivity contribution in [2.45, 2.75) is 47.5 Å². The molecule has 1 amide bonds. The molecule has 20 heavy (non-hydrogen) atoms. The van der Waals surface area contributed by atoms with Crippen LogP contribution in [-0.2, 0) is 0 Å². The van der Waals surface area contributed by atoms with Gasteiger partial charge >= 0.3 is 0 Å². The Morgan fingerprint density at radius 3 is 2.20 bits per heavy atom. The molecule has 0 aromatic heterocycles. The molecule has 2 nitrogen and oxygen atoms in total. The lowest BCUT2D eigenvalue weighted by molar-refractivity contribution is 0.0953. The molecule has 110 valence electrons. The molecule has 0 fully saturated rings. The first-order valence-corrected chi connectivity index (χ1v) is 7.41. The van der Waals surface area contributed by atoms with Gasteiger partial charge in [-0.3, -0.25) is 4.79 Å². The summed E-state index contributed by atoms with van der Waals surface area (Å²) in [5.74, 6) is 0.0162. The van der Waals surface area contributed by atoms with Gasteiger partial charge < -0.3 is 5.32 Å². The summed E-state index contributed by atoms with van der Waals surface area (Å²) in [6.07, 6.45) is 4.37. The minimum absolute atomic E-state index is 0.0162.